The molecular formula is C23H21N3O6. The number of aryl methyl sites for hydroxylation is 1. The van der Waals surface area contributed by atoms with E-state index in [1.54, 1.807) is 30.3 Å². The molecule has 0 atom stereocenters. The van der Waals surface area contributed by atoms with Gasteiger partial charge in [0.1, 0.15) is 0 Å². The minimum atomic E-state index is -0.914. The van der Waals surface area contributed by atoms with Gasteiger partial charge in [-0.15, -0.1) is 0 Å². The third-order valence-electron chi connectivity index (χ3n) is 4.35. The summed E-state index contributed by atoms with van der Waals surface area (Å²) in [5.41, 5.74) is 4.20. The molecule has 1 aromatic heterocycles. The molecule has 0 spiro atoms. The summed E-state index contributed by atoms with van der Waals surface area (Å²) in [7, 11) is 1.42. The van der Waals surface area contributed by atoms with E-state index in [1.165, 1.54) is 31.7 Å². The molecule has 0 unspecified atom stereocenters. The summed E-state index contributed by atoms with van der Waals surface area (Å²) in [5.74, 6) is -1.90. The number of hydrogen-bond acceptors (Lipinski definition) is 7. The molecule has 9 nitrogen and oxygen atoms in total. The lowest BCUT2D eigenvalue weighted by atomic mass is 10.1. The molecule has 0 aliphatic heterocycles. The summed E-state index contributed by atoms with van der Waals surface area (Å²) in [6.45, 7) is 1.95. The van der Waals surface area contributed by atoms with Gasteiger partial charge in [0.2, 0.25) is 5.76 Å². The highest BCUT2D eigenvalue weighted by Crippen LogP contribution is 2.28. The summed E-state index contributed by atoms with van der Waals surface area (Å²) in [4.78, 5) is 36.1. The zero-order valence-electron chi connectivity index (χ0n) is 17.5. The van der Waals surface area contributed by atoms with Crippen LogP contribution in [0.5, 0.6) is 11.5 Å². The highest BCUT2D eigenvalue weighted by Gasteiger charge is 2.16. The third kappa shape index (κ3) is 5.60. The largest absolute Gasteiger partial charge is 0.493 e. The van der Waals surface area contributed by atoms with Gasteiger partial charge in [0.15, 0.2) is 11.5 Å². The third-order valence-corrected chi connectivity index (χ3v) is 4.35. The zero-order chi connectivity index (χ0) is 22.9. The number of hydrogen-bond donors (Lipinski definition) is 2. The average Bonchev–Trinajstić information content (AvgIpc) is 3.35. The van der Waals surface area contributed by atoms with E-state index in [0.29, 0.717) is 17.7 Å². The number of para-hydroxylation sites is 1. The Morgan fingerprint density at radius 2 is 1.84 bits per heavy atom. The lowest BCUT2D eigenvalue weighted by Gasteiger charge is -2.09. The molecule has 32 heavy (non-hydrogen) atoms. The molecular weight excluding hydrogens is 414 g/mol. The zero-order valence-corrected chi connectivity index (χ0v) is 17.5. The number of nitrogens with zero attached hydrogens (tertiary/aromatic N) is 1. The summed E-state index contributed by atoms with van der Waals surface area (Å²) >= 11 is 0. The van der Waals surface area contributed by atoms with Crippen molar-refractivity contribution < 1.29 is 28.3 Å². The minimum absolute atomic E-state index is 0.0558. The SMILES string of the molecule is CCc1ccccc1NC(=O)C(=O)N/N=C/c1ccc(OC(=O)c2ccco2)c(OC)c1. The predicted octanol–water partition coefficient (Wildman–Crippen LogP) is 3.16. The molecule has 0 aliphatic carbocycles. The molecule has 0 fully saturated rings. The van der Waals surface area contributed by atoms with E-state index >= 15 is 0 Å². The Morgan fingerprint density at radius 1 is 1.03 bits per heavy atom. The smallest absolute Gasteiger partial charge is 0.379 e. The van der Waals surface area contributed by atoms with E-state index in [0.717, 1.165) is 5.56 Å². The minimum Gasteiger partial charge on any atom is -0.493 e. The Morgan fingerprint density at radius 3 is 2.56 bits per heavy atom. The van der Waals surface area contributed by atoms with Crippen LogP contribution in [-0.4, -0.2) is 31.1 Å². The molecule has 0 radical (unpaired) electrons. The average molecular weight is 435 g/mol. The number of anilines is 1. The standard InChI is InChI=1S/C23H21N3O6/c1-3-16-7-4-5-8-17(16)25-21(27)22(28)26-24-14-15-10-11-18(20(13-15)30-2)32-23(29)19-9-6-12-31-19/h4-14H,3H2,1-2H3,(H,25,27)(H,26,28)/b24-14+. The van der Waals surface area contributed by atoms with Crippen LogP contribution in [0.25, 0.3) is 0 Å². The lowest BCUT2D eigenvalue weighted by molar-refractivity contribution is -0.136. The van der Waals surface area contributed by atoms with Gasteiger partial charge in [-0.25, -0.2) is 10.2 Å². The number of nitrogens with one attached hydrogen (secondary N) is 2. The van der Waals surface area contributed by atoms with Gasteiger partial charge in [-0.1, -0.05) is 25.1 Å². The van der Waals surface area contributed by atoms with E-state index in [9.17, 15) is 14.4 Å². The predicted molar refractivity (Wildman–Crippen MR) is 117 cm³/mol. The number of ether oxygens (including phenoxy) is 2. The number of benzene rings is 2. The Hall–Kier alpha value is -4.40. The van der Waals surface area contributed by atoms with Crippen LogP contribution < -0.4 is 20.2 Å². The van der Waals surface area contributed by atoms with Crippen LogP contribution in [0, 0.1) is 0 Å². The number of methoxy groups -OCH3 is 1. The van der Waals surface area contributed by atoms with Crippen LogP contribution in [-0.2, 0) is 16.0 Å². The molecule has 9 heteroatoms. The van der Waals surface area contributed by atoms with Gasteiger partial charge in [-0.3, -0.25) is 9.59 Å². The Balaban J connectivity index is 1.60. The first kappa shape index (κ1) is 22.3. The van der Waals surface area contributed by atoms with Crippen molar-refractivity contribution in [1.29, 1.82) is 0 Å². The monoisotopic (exact) mass is 435 g/mol. The maximum Gasteiger partial charge on any atom is 0.379 e. The van der Waals surface area contributed by atoms with E-state index in [2.05, 4.69) is 15.8 Å². The Bertz CT molecular complexity index is 1140. The second-order valence-corrected chi connectivity index (χ2v) is 6.44. The number of furan rings is 1. The number of carbonyl (C=O) groups is 3. The van der Waals surface area contributed by atoms with Crippen molar-refractivity contribution in [2.45, 2.75) is 13.3 Å². The first-order chi connectivity index (χ1) is 15.5. The summed E-state index contributed by atoms with van der Waals surface area (Å²) < 4.78 is 15.5. The molecule has 2 amide bonds. The van der Waals surface area contributed by atoms with E-state index in [1.807, 2.05) is 19.1 Å². The van der Waals surface area contributed by atoms with Crippen molar-refractivity contribution in [2.75, 3.05) is 12.4 Å². The van der Waals surface area contributed by atoms with Gasteiger partial charge in [-0.2, -0.15) is 5.10 Å². The molecule has 3 rings (SSSR count). The topological polar surface area (TPSA) is 119 Å². The fourth-order valence-electron chi connectivity index (χ4n) is 2.74. The number of hydrazone groups is 1. The van der Waals surface area contributed by atoms with Crippen LogP contribution in [0.15, 0.2) is 70.4 Å². The van der Waals surface area contributed by atoms with E-state index in [-0.39, 0.29) is 17.3 Å². The van der Waals surface area contributed by atoms with Crippen molar-refractivity contribution in [1.82, 2.24) is 5.43 Å². The highest BCUT2D eigenvalue weighted by atomic mass is 16.6. The van der Waals surface area contributed by atoms with Crippen LogP contribution in [0.1, 0.15) is 28.6 Å². The van der Waals surface area contributed by atoms with Crippen LogP contribution >= 0.6 is 0 Å². The number of esters is 1. The number of amides is 2. The van der Waals surface area contributed by atoms with Gasteiger partial charge in [0.25, 0.3) is 0 Å². The first-order valence-corrected chi connectivity index (χ1v) is 9.67. The quantitative estimate of drug-likeness (QED) is 0.193. The maximum atomic E-state index is 12.1. The molecule has 164 valence electrons. The number of carbonyl (C=O) groups excluding carboxylic acids is 3. The first-order valence-electron chi connectivity index (χ1n) is 9.67. The van der Waals surface area contributed by atoms with Gasteiger partial charge >= 0.3 is 17.8 Å². The van der Waals surface area contributed by atoms with Crippen molar-refractivity contribution >= 4 is 29.7 Å². The van der Waals surface area contributed by atoms with Gasteiger partial charge < -0.3 is 19.2 Å². The van der Waals surface area contributed by atoms with Gasteiger partial charge in [0.05, 0.1) is 19.6 Å². The Labute approximate surface area is 184 Å². The lowest BCUT2D eigenvalue weighted by Crippen LogP contribution is -2.32. The van der Waals surface area contributed by atoms with Gasteiger partial charge in [0, 0.05) is 5.69 Å². The van der Waals surface area contributed by atoms with Crippen molar-refractivity contribution in [3.8, 4) is 11.5 Å². The molecule has 0 saturated carbocycles. The maximum absolute atomic E-state index is 12.1. The fourth-order valence-corrected chi connectivity index (χ4v) is 2.74. The van der Waals surface area contributed by atoms with Crippen molar-refractivity contribution in [3.05, 3.63) is 77.7 Å². The van der Waals surface area contributed by atoms with Crippen LogP contribution in [0.3, 0.4) is 0 Å². The van der Waals surface area contributed by atoms with Crippen molar-refractivity contribution in [2.24, 2.45) is 5.10 Å². The molecule has 0 aliphatic rings. The second kappa shape index (κ2) is 10.6. The molecule has 2 N–H and O–H groups in total. The second-order valence-electron chi connectivity index (χ2n) is 6.44. The van der Waals surface area contributed by atoms with Crippen molar-refractivity contribution in [3.63, 3.8) is 0 Å². The van der Waals surface area contributed by atoms with Gasteiger partial charge in [-0.05, 0) is 53.9 Å². The van der Waals surface area contributed by atoms with E-state index in [4.69, 9.17) is 13.9 Å². The molecule has 0 saturated heterocycles. The fraction of sp³-hybridized carbons (Fsp3) is 0.130. The summed E-state index contributed by atoms with van der Waals surface area (Å²) in [6.07, 6.45) is 3.40. The summed E-state index contributed by atoms with van der Waals surface area (Å²) in [6, 6.07) is 14.9. The highest BCUT2D eigenvalue weighted by molar-refractivity contribution is 6.39. The molecule has 2 aromatic carbocycles. The summed E-state index contributed by atoms with van der Waals surface area (Å²) in [5, 5.41) is 6.35. The van der Waals surface area contributed by atoms with Crippen LogP contribution in [0.4, 0.5) is 5.69 Å². The Kier molecular flexibility index (Phi) is 7.37. The van der Waals surface area contributed by atoms with Crippen LogP contribution in [0.2, 0.25) is 0 Å². The van der Waals surface area contributed by atoms with E-state index < -0.39 is 17.8 Å². The normalized spacial score (nSPS) is 10.6. The molecule has 1 heterocycles. The number of rotatable bonds is 7. The molecule has 3 aromatic rings. The molecule has 0 bridgehead atoms.